The summed E-state index contributed by atoms with van der Waals surface area (Å²) in [7, 11) is -1.12. The van der Waals surface area contributed by atoms with Crippen molar-refractivity contribution in [3.63, 3.8) is 0 Å². The van der Waals surface area contributed by atoms with Crippen LogP contribution in [0.1, 0.15) is 31.5 Å². The van der Waals surface area contributed by atoms with Crippen LogP contribution in [0.4, 0.5) is 0 Å². The number of aliphatic hydroxyl groups is 1. The van der Waals surface area contributed by atoms with Crippen molar-refractivity contribution in [2.45, 2.75) is 65.3 Å². The number of pyridine rings is 1. The molecule has 0 aliphatic carbocycles. The summed E-state index contributed by atoms with van der Waals surface area (Å²) in [5, 5.41) is 18.7. The van der Waals surface area contributed by atoms with Crippen LogP contribution in [0.25, 0.3) is 22.0 Å². The van der Waals surface area contributed by atoms with Crippen molar-refractivity contribution in [3.8, 4) is 23.0 Å². The second kappa shape index (κ2) is 10.7. The Morgan fingerprint density at radius 2 is 2.00 bits per heavy atom. The van der Waals surface area contributed by atoms with E-state index in [4.69, 9.17) is 4.74 Å². The van der Waals surface area contributed by atoms with Gasteiger partial charge in [-0.15, -0.1) is 11.3 Å². The van der Waals surface area contributed by atoms with Gasteiger partial charge in [0, 0.05) is 61.7 Å². The van der Waals surface area contributed by atoms with Crippen LogP contribution in [0.2, 0.25) is 25.7 Å². The summed E-state index contributed by atoms with van der Waals surface area (Å²) < 4.78 is 9.97. The number of ether oxygens (including phenoxy) is 1. The number of hydrogen-bond donors (Lipinski definition) is 1. The summed E-state index contributed by atoms with van der Waals surface area (Å²) in [6.07, 6.45) is 9.62. The lowest BCUT2D eigenvalue weighted by Gasteiger charge is -2.15. The molecular formula is C27H35N5O2SSi. The minimum atomic E-state index is -1.33. The molecule has 0 saturated carbocycles. The van der Waals surface area contributed by atoms with E-state index in [2.05, 4.69) is 71.2 Å². The maximum atomic E-state index is 10.7. The predicted octanol–water partition coefficient (Wildman–Crippen LogP) is 5.58. The Morgan fingerprint density at radius 3 is 2.69 bits per heavy atom. The van der Waals surface area contributed by atoms with Crippen LogP contribution in [-0.4, -0.2) is 44.1 Å². The van der Waals surface area contributed by atoms with Gasteiger partial charge >= 0.3 is 0 Å². The summed E-state index contributed by atoms with van der Waals surface area (Å²) in [6, 6.07) is 3.13. The van der Waals surface area contributed by atoms with E-state index in [9.17, 15) is 5.11 Å². The average molecular weight is 522 g/mol. The van der Waals surface area contributed by atoms with Gasteiger partial charge in [-0.1, -0.05) is 39.4 Å². The molecule has 4 aromatic rings. The van der Waals surface area contributed by atoms with E-state index in [1.54, 1.807) is 13.1 Å². The fourth-order valence-corrected chi connectivity index (χ4v) is 5.25. The van der Waals surface area contributed by atoms with Crippen molar-refractivity contribution in [1.82, 2.24) is 24.3 Å². The molecule has 1 atom stereocenters. The van der Waals surface area contributed by atoms with E-state index >= 15 is 0 Å². The van der Waals surface area contributed by atoms with E-state index in [1.807, 2.05) is 34.7 Å². The molecule has 0 spiro atoms. The molecule has 0 radical (unpaired) electrons. The van der Waals surface area contributed by atoms with Crippen LogP contribution < -0.4 is 0 Å². The summed E-state index contributed by atoms with van der Waals surface area (Å²) in [5.74, 6) is 6.48. The van der Waals surface area contributed by atoms with Crippen molar-refractivity contribution >= 4 is 30.3 Å². The van der Waals surface area contributed by atoms with Gasteiger partial charge in [-0.3, -0.25) is 0 Å². The van der Waals surface area contributed by atoms with Gasteiger partial charge in [0.25, 0.3) is 0 Å². The molecule has 4 aromatic heterocycles. The van der Waals surface area contributed by atoms with E-state index in [1.165, 1.54) is 11.3 Å². The van der Waals surface area contributed by atoms with Crippen LogP contribution in [0.5, 0.6) is 0 Å². The van der Waals surface area contributed by atoms with Gasteiger partial charge in [-0.25, -0.2) is 14.6 Å². The number of fused-ring (bicyclic) bond motifs is 1. The molecule has 1 unspecified atom stereocenters. The molecule has 1 N–H and O–H groups in total. The van der Waals surface area contributed by atoms with Crippen molar-refractivity contribution in [1.29, 1.82) is 0 Å². The van der Waals surface area contributed by atoms with Gasteiger partial charge in [0.1, 0.15) is 17.4 Å². The lowest BCUT2D eigenvalue weighted by Crippen LogP contribution is -2.22. The number of nitrogens with zero attached hydrogens (tertiary/aromatic N) is 5. The van der Waals surface area contributed by atoms with Gasteiger partial charge in [0.2, 0.25) is 0 Å². The van der Waals surface area contributed by atoms with Gasteiger partial charge in [0.15, 0.2) is 5.60 Å². The molecule has 0 bridgehead atoms. The third-order valence-electron chi connectivity index (χ3n) is 5.78. The van der Waals surface area contributed by atoms with Crippen molar-refractivity contribution in [3.05, 3.63) is 53.1 Å². The SMILES string of the molecule is CC(C)Cn1cc(-c2cnn(COCC[Si](C)(C)C)c2)c2cc(C#CC(C)(O)c3nccs3)ncc21. The molecular weight excluding hydrogens is 486 g/mol. The first-order valence-electron chi connectivity index (χ1n) is 12.3. The van der Waals surface area contributed by atoms with Crippen LogP contribution in [-0.2, 0) is 23.6 Å². The topological polar surface area (TPSA) is 78.0 Å². The first-order chi connectivity index (χ1) is 17.0. The highest BCUT2D eigenvalue weighted by atomic mass is 32.1. The molecule has 9 heteroatoms. The molecule has 0 aromatic carbocycles. The fraction of sp³-hybridized carbons (Fsp3) is 0.444. The predicted molar refractivity (Wildman–Crippen MR) is 148 cm³/mol. The quantitative estimate of drug-likeness (QED) is 0.177. The number of hydrogen-bond acceptors (Lipinski definition) is 6. The summed E-state index contributed by atoms with van der Waals surface area (Å²) in [6.45, 7) is 15.2. The minimum absolute atomic E-state index is 0.444. The third kappa shape index (κ3) is 6.50. The third-order valence-corrected chi connectivity index (χ3v) is 8.46. The summed E-state index contributed by atoms with van der Waals surface area (Å²) in [5.41, 5.74) is 2.43. The fourth-order valence-electron chi connectivity index (χ4n) is 3.84. The van der Waals surface area contributed by atoms with Crippen molar-refractivity contribution in [2.24, 2.45) is 5.92 Å². The van der Waals surface area contributed by atoms with Crippen LogP contribution >= 0.6 is 11.3 Å². The molecule has 4 heterocycles. The Hall–Kier alpha value is -2.77. The van der Waals surface area contributed by atoms with Gasteiger partial charge in [-0.05, 0) is 30.9 Å². The number of aromatic nitrogens is 5. The average Bonchev–Trinajstić information content (AvgIpc) is 3.55. The molecule has 36 heavy (non-hydrogen) atoms. The largest absolute Gasteiger partial charge is 0.371 e. The molecule has 190 valence electrons. The Labute approximate surface area is 218 Å². The molecule has 7 nitrogen and oxygen atoms in total. The molecule has 4 rings (SSSR count). The smallest absolute Gasteiger partial charge is 0.174 e. The summed E-state index contributed by atoms with van der Waals surface area (Å²) >= 11 is 1.38. The Kier molecular flexibility index (Phi) is 7.81. The minimum Gasteiger partial charge on any atom is -0.371 e. The van der Waals surface area contributed by atoms with Gasteiger partial charge < -0.3 is 14.4 Å². The Morgan fingerprint density at radius 1 is 1.19 bits per heavy atom. The highest BCUT2D eigenvalue weighted by molar-refractivity contribution is 7.09. The first kappa shape index (κ1) is 26.3. The molecule has 0 aliphatic heterocycles. The van der Waals surface area contributed by atoms with E-state index in [0.717, 1.165) is 41.2 Å². The van der Waals surface area contributed by atoms with Crippen LogP contribution in [0.3, 0.4) is 0 Å². The zero-order chi connectivity index (χ0) is 25.9. The van der Waals surface area contributed by atoms with E-state index in [-0.39, 0.29) is 0 Å². The Balaban J connectivity index is 1.63. The first-order valence-corrected chi connectivity index (χ1v) is 16.9. The number of thiazole rings is 1. The normalized spacial score (nSPS) is 13.7. The van der Waals surface area contributed by atoms with Crippen LogP contribution in [0, 0.1) is 17.8 Å². The highest BCUT2D eigenvalue weighted by Gasteiger charge is 2.23. The van der Waals surface area contributed by atoms with Crippen molar-refractivity contribution in [2.75, 3.05) is 6.61 Å². The van der Waals surface area contributed by atoms with Crippen LogP contribution in [0.15, 0.2) is 42.4 Å². The maximum Gasteiger partial charge on any atom is 0.174 e. The standard InChI is InChI=1S/C27H35N5O2SSi/c1-20(2)16-31-18-24(21-14-30-32(17-21)19-34-10-12-36(4,5)6)23-13-22(29-15-25(23)31)7-8-27(3,33)26-28-9-11-35-26/h9,11,13-15,17-18,20,33H,10,12,16,19H2,1-6H3. The lowest BCUT2D eigenvalue weighted by atomic mass is 10.1. The number of rotatable bonds is 9. The second-order valence-corrected chi connectivity index (χ2v) is 17.5. The van der Waals surface area contributed by atoms with Gasteiger partial charge in [0.05, 0.1) is 17.9 Å². The molecule has 0 amide bonds. The molecule has 0 aliphatic rings. The highest BCUT2D eigenvalue weighted by Crippen LogP contribution is 2.31. The second-order valence-electron chi connectivity index (χ2n) is 11.0. The maximum absolute atomic E-state index is 10.7. The molecule has 0 fully saturated rings. The summed E-state index contributed by atoms with van der Waals surface area (Å²) in [4.78, 5) is 8.78. The zero-order valence-electron chi connectivity index (χ0n) is 21.9. The zero-order valence-corrected chi connectivity index (χ0v) is 23.8. The van der Waals surface area contributed by atoms with Crippen molar-refractivity contribution < 1.29 is 9.84 Å². The molecule has 0 saturated heterocycles. The Bertz CT molecular complexity index is 1370. The van der Waals surface area contributed by atoms with E-state index < -0.39 is 13.7 Å². The van der Waals surface area contributed by atoms with Gasteiger partial charge in [-0.2, -0.15) is 5.10 Å². The monoisotopic (exact) mass is 521 g/mol. The van der Waals surface area contributed by atoms with E-state index in [0.29, 0.717) is 23.4 Å². The lowest BCUT2D eigenvalue weighted by molar-refractivity contribution is 0.0786.